The molecule has 0 aliphatic heterocycles. The van der Waals surface area contributed by atoms with E-state index in [-0.39, 0.29) is 17.2 Å². The second kappa shape index (κ2) is 10.3. The topological polar surface area (TPSA) is 60.7 Å². The van der Waals surface area contributed by atoms with Crippen LogP contribution < -0.4 is 0 Å². The Morgan fingerprint density at radius 2 is 1.33 bits per heavy atom. The summed E-state index contributed by atoms with van der Waals surface area (Å²) < 4.78 is 0. The van der Waals surface area contributed by atoms with E-state index < -0.39 is 0 Å². The minimum absolute atomic E-state index is 0.103. The summed E-state index contributed by atoms with van der Waals surface area (Å²) in [5.74, 6) is -0.652. The Morgan fingerprint density at radius 1 is 0.733 bits per heavy atom. The maximum absolute atomic E-state index is 10.4. The number of benzene rings is 1. The van der Waals surface area contributed by atoms with Crippen LogP contribution in [0.2, 0.25) is 0 Å². The summed E-state index contributed by atoms with van der Waals surface area (Å²) in [7, 11) is 0. The third-order valence-corrected chi connectivity index (χ3v) is 8.12. The molecule has 170 valence electrons. The fourth-order valence-electron chi connectivity index (χ4n) is 5.04. The van der Waals surface area contributed by atoms with Crippen LogP contribution in [-0.2, 0) is 12.8 Å². The van der Waals surface area contributed by atoms with Crippen molar-refractivity contribution in [1.82, 2.24) is 0 Å². The summed E-state index contributed by atoms with van der Waals surface area (Å²) >= 11 is 0. The number of unbranched alkanes of at least 4 members (excludes halogenated alkanes) is 6. The zero-order chi connectivity index (χ0) is 21.6. The smallest absolute Gasteiger partial charge is 0.200 e. The van der Waals surface area contributed by atoms with E-state index in [0.717, 1.165) is 43.2 Å². The van der Waals surface area contributed by atoms with Crippen LogP contribution in [-0.4, -0.2) is 15.3 Å². The van der Waals surface area contributed by atoms with Crippen molar-refractivity contribution in [3.05, 3.63) is 17.2 Å². The largest absolute Gasteiger partial charge is 0.504 e. The minimum atomic E-state index is -0.357. The summed E-state index contributed by atoms with van der Waals surface area (Å²) in [6.45, 7) is 4.72. The van der Waals surface area contributed by atoms with Crippen molar-refractivity contribution in [3.63, 3.8) is 0 Å². The molecule has 0 bridgehead atoms. The molecule has 2 saturated carbocycles. The van der Waals surface area contributed by atoms with Gasteiger partial charge in [-0.25, -0.2) is 0 Å². The molecule has 1 aromatic rings. The molecule has 1 aromatic carbocycles. The number of rotatable bonds is 15. The van der Waals surface area contributed by atoms with Crippen LogP contribution in [0.15, 0.2) is 6.07 Å². The van der Waals surface area contributed by atoms with Gasteiger partial charge in [0, 0.05) is 5.56 Å². The van der Waals surface area contributed by atoms with Gasteiger partial charge in [0.05, 0.1) is 0 Å². The van der Waals surface area contributed by atoms with E-state index in [1.807, 2.05) is 0 Å². The fraction of sp³-hybridized carbons (Fsp3) is 0.778. The van der Waals surface area contributed by atoms with Gasteiger partial charge in [-0.15, -0.1) is 0 Å². The molecule has 2 fully saturated rings. The third kappa shape index (κ3) is 6.56. The van der Waals surface area contributed by atoms with E-state index in [1.54, 1.807) is 6.07 Å². The highest BCUT2D eigenvalue weighted by atomic mass is 16.3. The third-order valence-electron chi connectivity index (χ3n) is 8.12. The number of phenolic OH excluding ortho intramolecular Hbond substituents is 3. The molecule has 0 radical (unpaired) electrons. The summed E-state index contributed by atoms with van der Waals surface area (Å²) in [5, 5.41) is 30.4. The first-order chi connectivity index (χ1) is 14.4. The lowest BCUT2D eigenvalue weighted by Gasteiger charge is -2.15. The molecule has 0 aromatic heterocycles. The molecule has 2 aliphatic carbocycles. The number of hydrogen-bond acceptors (Lipinski definition) is 3. The van der Waals surface area contributed by atoms with Crippen LogP contribution in [0.25, 0.3) is 0 Å². The summed E-state index contributed by atoms with van der Waals surface area (Å²) in [6, 6.07) is 1.68. The number of phenols is 3. The minimum Gasteiger partial charge on any atom is -0.504 e. The molecule has 0 atom stereocenters. The van der Waals surface area contributed by atoms with Gasteiger partial charge in [0.1, 0.15) is 0 Å². The molecule has 0 amide bonds. The van der Waals surface area contributed by atoms with E-state index in [1.165, 1.54) is 77.0 Å². The molecule has 3 nitrogen and oxygen atoms in total. The Labute approximate surface area is 183 Å². The molecule has 0 saturated heterocycles. The monoisotopic (exact) mass is 416 g/mol. The van der Waals surface area contributed by atoms with Gasteiger partial charge in [0.15, 0.2) is 11.5 Å². The van der Waals surface area contributed by atoms with E-state index in [0.29, 0.717) is 10.8 Å². The molecule has 0 spiro atoms. The predicted octanol–water partition coefficient (Wildman–Crippen LogP) is 7.78. The Kier molecular flexibility index (Phi) is 7.98. The second-order valence-electron chi connectivity index (χ2n) is 10.7. The van der Waals surface area contributed by atoms with Gasteiger partial charge >= 0.3 is 0 Å². The average Bonchev–Trinajstić information content (AvgIpc) is 3.65. The highest BCUT2D eigenvalue weighted by Gasteiger charge is 2.39. The highest BCUT2D eigenvalue weighted by molar-refractivity contribution is 5.57. The van der Waals surface area contributed by atoms with E-state index in [2.05, 4.69) is 13.8 Å². The van der Waals surface area contributed by atoms with Gasteiger partial charge in [-0.1, -0.05) is 58.8 Å². The second-order valence-corrected chi connectivity index (χ2v) is 10.7. The lowest BCUT2D eigenvalue weighted by Crippen LogP contribution is -1.99. The lowest BCUT2D eigenvalue weighted by atomic mass is 9.93. The molecule has 3 N–H and O–H groups in total. The average molecular weight is 417 g/mol. The molecular formula is C27H44O3. The molecule has 30 heavy (non-hydrogen) atoms. The Morgan fingerprint density at radius 3 is 1.93 bits per heavy atom. The predicted molar refractivity (Wildman–Crippen MR) is 124 cm³/mol. The van der Waals surface area contributed by atoms with Gasteiger partial charge in [0.25, 0.3) is 0 Å². The maximum Gasteiger partial charge on any atom is 0.200 e. The first kappa shape index (κ1) is 23.3. The maximum atomic E-state index is 10.4. The SMILES string of the molecule is CCC1(CCCCCCc2cc(O)c(O)c(O)c2CCCCCCC2(C)CC2)CC1. The van der Waals surface area contributed by atoms with Gasteiger partial charge in [-0.05, 0) is 86.7 Å². The zero-order valence-corrected chi connectivity index (χ0v) is 19.4. The van der Waals surface area contributed by atoms with E-state index >= 15 is 0 Å². The van der Waals surface area contributed by atoms with Crippen LogP contribution in [0.5, 0.6) is 17.2 Å². The van der Waals surface area contributed by atoms with Crippen molar-refractivity contribution in [2.45, 2.75) is 123 Å². The van der Waals surface area contributed by atoms with Crippen molar-refractivity contribution >= 4 is 0 Å². The molecule has 3 rings (SSSR count). The number of aromatic hydroxyl groups is 3. The zero-order valence-electron chi connectivity index (χ0n) is 19.4. The van der Waals surface area contributed by atoms with Crippen LogP contribution in [0.4, 0.5) is 0 Å². The normalized spacial score (nSPS) is 18.5. The molecule has 0 unspecified atom stereocenters. The summed E-state index contributed by atoms with van der Waals surface area (Å²) in [5.41, 5.74) is 3.20. The van der Waals surface area contributed by atoms with Gasteiger partial charge < -0.3 is 15.3 Å². The Hall–Kier alpha value is -1.38. The Balaban J connectivity index is 1.40. The van der Waals surface area contributed by atoms with Crippen molar-refractivity contribution in [1.29, 1.82) is 0 Å². The van der Waals surface area contributed by atoms with Crippen LogP contribution >= 0.6 is 0 Å². The Bertz CT molecular complexity index is 686. The van der Waals surface area contributed by atoms with Crippen molar-refractivity contribution < 1.29 is 15.3 Å². The first-order valence-corrected chi connectivity index (χ1v) is 12.6. The van der Waals surface area contributed by atoms with Crippen LogP contribution in [0, 0.1) is 10.8 Å². The van der Waals surface area contributed by atoms with Gasteiger partial charge in [0.2, 0.25) is 5.75 Å². The molecule has 3 heteroatoms. The lowest BCUT2D eigenvalue weighted by molar-refractivity contribution is 0.363. The highest BCUT2D eigenvalue weighted by Crippen LogP contribution is 2.52. The number of aryl methyl sites for hydroxylation is 1. The van der Waals surface area contributed by atoms with Crippen molar-refractivity contribution in [2.75, 3.05) is 0 Å². The molecule has 0 heterocycles. The van der Waals surface area contributed by atoms with Crippen molar-refractivity contribution in [3.8, 4) is 17.2 Å². The van der Waals surface area contributed by atoms with Gasteiger partial charge in [-0.2, -0.15) is 0 Å². The van der Waals surface area contributed by atoms with E-state index in [9.17, 15) is 15.3 Å². The first-order valence-electron chi connectivity index (χ1n) is 12.6. The number of hydrogen-bond donors (Lipinski definition) is 3. The van der Waals surface area contributed by atoms with Gasteiger partial charge in [-0.3, -0.25) is 0 Å². The standard InChI is InChI=1S/C27H44O3/c1-3-27(18-19-27)15-11-7-4-8-12-21-20-23(28)25(30)24(29)22(21)13-9-5-6-10-14-26(2)16-17-26/h20,28-30H,3-19H2,1-2H3. The summed E-state index contributed by atoms with van der Waals surface area (Å²) in [6.07, 6.45) is 21.0. The molecule has 2 aliphatic rings. The van der Waals surface area contributed by atoms with Crippen LogP contribution in [0.3, 0.4) is 0 Å². The van der Waals surface area contributed by atoms with Crippen molar-refractivity contribution in [2.24, 2.45) is 10.8 Å². The summed E-state index contributed by atoms with van der Waals surface area (Å²) in [4.78, 5) is 0. The molecular weight excluding hydrogens is 372 g/mol. The quantitative estimate of drug-likeness (QED) is 0.202. The van der Waals surface area contributed by atoms with E-state index in [4.69, 9.17) is 0 Å². The fourth-order valence-corrected chi connectivity index (χ4v) is 5.04. The van der Waals surface area contributed by atoms with Crippen LogP contribution in [0.1, 0.15) is 121 Å².